The molecule has 25 heavy (non-hydrogen) atoms. The number of hydrogen-bond acceptors (Lipinski definition) is 4. The zero-order chi connectivity index (χ0) is 17.8. The Morgan fingerprint density at radius 2 is 2.32 bits per heavy atom. The van der Waals surface area contributed by atoms with Gasteiger partial charge in [-0.2, -0.15) is 5.10 Å². The van der Waals surface area contributed by atoms with E-state index in [9.17, 15) is 4.79 Å². The fourth-order valence-corrected chi connectivity index (χ4v) is 3.22. The lowest BCUT2D eigenvalue weighted by Gasteiger charge is -2.24. The molecule has 2 atom stereocenters. The molecule has 2 amide bonds. The largest absolute Gasteiger partial charge is 0.461 e. The molecule has 0 aromatic carbocycles. The van der Waals surface area contributed by atoms with Crippen LogP contribution in [0.5, 0.6) is 0 Å². The average Bonchev–Trinajstić information content (AvgIpc) is 3.34. The summed E-state index contributed by atoms with van der Waals surface area (Å²) in [5.74, 6) is 2.32. The number of ether oxygens (including phenoxy) is 1. The Balaban J connectivity index is 1.71. The van der Waals surface area contributed by atoms with Crippen LogP contribution in [0.25, 0.3) is 0 Å². The summed E-state index contributed by atoms with van der Waals surface area (Å²) in [6.45, 7) is 5.34. The van der Waals surface area contributed by atoms with E-state index in [0.717, 1.165) is 36.6 Å². The van der Waals surface area contributed by atoms with Crippen LogP contribution in [-0.2, 0) is 11.3 Å². The van der Waals surface area contributed by atoms with Crippen molar-refractivity contribution in [3.8, 4) is 0 Å². The zero-order valence-corrected chi connectivity index (χ0v) is 15.1. The third-order valence-corrected chi connectivity index (χ3v) is 4.72. The van der Waals surface area contributed by atoms with E-state index in [1.54, 1.807) is 13.3 Å². The number of hydrogen-bond donors (Lipinski definition) is 1. The quantitative estimate of drug-likeness (QED) is 0.859. The second-order valence-corrected chi connectivity index (χ2v) is 6.44. The summed E-state index contributed by atoms with van der Waals surface area (Å²) in [4.78, 5) is 14.6. The van der Waals surface area contributed by atoms with Gasteiger partial charge in [-0.1, -0.05) is 6.92 Å². The van der Waals surface area contributed by atoms with Crippen LogP contribution < -0.4 is 5.32 Å². The van der Waals surface area contributed by atoms with Gasteiger partial charge in [0, 0.05) is 19.7 Å². The van der Waals surface area contributed by atoms with Crippen LogP contribution in [-0.4, -0.2) is 34.4 Å². The third-order valence-electron chi connectivity index (χ3n) is 4.72. The SMILES string of the molecule is CCC(C)n1nccc1NC(=O)N1CCCC1c1ccc(COC)o1. The van der Waals surface area contributed by atoms with Gasteiger partial charge in [-0.05, 0) is 38.3 Å². The van der Waals surface area contributed by atoms with Gasteiger partial charge in [0.05, 0.1) is 18.3 Å². The van der Waals surface area contributed by atoms with Crippen LogP contribution in [0.1, 0.15) is 56.7 Å². The lowest BCUT2D eigenvalue weighted by molar-refractivity contribution is 0.157. The number of carbonyl (C=O) groups is 1. The summed E-state index contributed by atoms with van der Waals surface area (Å²) in [5.41, 5.74) is 0. The maximum Gasteiger partial charge on any atom is 0.323 e. The van der Waals surface area contributed by atoms with Gasteiger partial charge < -0.3 is 14.1 Å². The van der Waals surface area contributed by atoms with E-state index in [2.05, 4.69) is 24.3 Å². The molecule has 136 valence electrons. The van der Waals surface area contributed by atoms with Crippen molar-refractivity contribution in [3.63, 3.8) is 0 Å². The summed E-state index contributed by atoms with van der Waals surface area (Å²) in [7, 11) is 1.64. The van der Waals surface area contributed by atoms with Crippen LogP contribution in [0.15, 0.2) is 28.8 Å². The van der Waals surface area contributed by atoms with E-state index in [4.69, 9.17) is 9.15 Å². The molecule has 2 unspecified atom stereocenters. The Bertz CT molecular complexity index is 709. The van der Waals surface area contributed by atoms with Gasteiger partial charge in [0.25, 0.3) is 0 Å². The van der Waals surface area contributed by atoms with Crippen molar-refractivity contribution in [1.82, 2.24) is 14.7 Å². The number of urea groups is 1. The number of anilines is 1. The minimum atomic E-state index is -0.114. The van der Waals surface area contributed by atoms with Gasteiger partial charge in [-0.15, -0.1) is 0 Å². The number of furan rings is 1. The molecule has 0 saturated carbocycles. The molecule has 1 saturated heterocycles. The fourth-order valence-electron chi connectivity index (χ4n) is 3.22. The minimum Gasteiger partial charge on any atom is -0.461 e. The zero-order valence-electron chi connectivity index (χ0n) is 15.1. The maximum absolute atomic E-state index is 12.8. The number of amides is 2. The van der Waals surface area contributed by atoms with Crippen molar-refractivity contribution in [2.75, 3.05) is 19.0 Å². The number of carbonyl (C=O) groups excluding carboxylic acids is 1. The first-order chi connectivity index (χ1) is 12.1. The fraction of sp³-hybridized carbons (Fsp3) is 0.556. The molecule has 1 aliphatic heterocycles. The molecule has 1 N–H and O–H groups in total. The normalized spacial score (nSPS) is 18.5. The predicted molar refractivity (Wildman–Crippen MR) is 94.3 cm³/mol. The van der Waals surface area contributed by atoms with Gasteiger partial charge in [0.15, 0.2) is 0 Å². The van der Waals surface area contributed by atoms with Gasteiger partial charge in [0.1, 0.15) is 23.9 Å². The second kappa shape index (κ2) is 7.74. The highest BCUT2D eigenvalue weighted by Crippen LogP contribution is 2.33. The van der Waals surface area contributed by atoms with Crippen LogP contribution in [0, 0.1) is 0 Å². The highest BCUT2D eigenvalue weighted by molar-refractivity contribution is 5.88. The highest BCUT2D eigenvalue weighted by Gasteiger charge is 2.32. The molecule has 0 radical (unpaired) electrons. The summed E-state index contributed by atoms with van der Waals surface area (Å²) in [5, 5.41) is 7.32. The van der Waals surface area contributed by atoms with Crippen molar-refractivity contribution in [2.45, 2.75) is 51.8 Å². The summed E-state index contributed by atoms with van der Waals surface area (Å²) in [6, 6.07) is 5.77. The topological polar surface area (TPSA) is 72.5 Å². The van der Waals surface area contributed by atoms with E-state index < -0.39 is 0 Å². The highest BCUT2D eigenvalue weighted by atomic mass is 16.5. The second-order valence-electron chi connectivity index (χ2n) is 6.44. The molecular formula is C18H26N4O3. The number of nitrogens with zero attached hydrogens (tertiary/aromatic N) is 3. The number of methoxy groups -OCH3 is 1. The molecule has 7 heteroatoms. The van der Waals surface area contributed by atoms with E-state index >= 15 is 0 Å². The van der Waals surface area contributed by atoms with E-state index in [-0.39, 0.29) is 18.1 Å². The van der Waals surface area contributed by atoms with Crippen molar-refractivity contribution < 1.29 is 13.9 Å². The summed E-state index contributed by atoms with van der Waals surface area (Å²) in [6.07, 6.45) is 4.53. The van der Waals surface area contributed by atoms with Crippen molar-refractivity contribution >= 4 is 11.8 Å². The molecule has 3 heterocycles. The smallest absolute Gasteiger partial charge is 0.323 e. The van der Waals surface area contributed by atoms with Crippen LogP contribution in [0.3, 0.4) is 0 Å². The minimum absolute atomic E-state index is 0.0365. The summed E-state index contributed by atoms with van der Waals surface area (Å²) >= 11 is 0. The Morgan fingerprint density at radius 1 is 1.48 bits per heavy atom. The lowest BCUT2D eigenvalue weighted by atomic mass is 10.2. The van der Waals surface area contributed by atoms with Crippen molar-refractivity contribution in [1.29, 1.82) is 0 Å². The summed E-state index contributed by atoms with van der Waals surface area (Å²) < 4.78 is 12.8. The molecule has 3 rings (SSSR count). The van der Waals surface area contributed by atoms with Crippen LogP contribution in [0.4, 0.5) is 10.6 Å². The third kappa shape index (κ3) is 3.71. The average molecular weight is 346 g/mol. The van der Waals surface area contributed by atoms with Gasteiger partial charge in [-0.25, -0.2) is 9.48 Å². The molecule has 2 aromatic rings. The Hall–Kier alpha value is -2.28. The first-order valence-electron chi connectivity index (χ1n) is 8.82. The number of likely N-dealkylation sites (tertiary alicyclic amines) is 1. The van der Waals surface area contributed by atoms with Crippen LogP contribution in [0.2, 0.25) is 0 Å². The Labute approximate surface area is 147 Å². The van der Waals surface area contributed by atoms with E-state index in [1.165, 1.54) is 0 Å². The standard InChI is InChI=1S/C18H26N4O3/c1-4-13(2)22-17(9-10-19-22)20-18(23)21-11-5-6-15(21)16-8-7-14(25-16)12-24-3/h7-10,13,15H,4-6,11-12H2,1-3H3,(H,20,23). The molecule has 7 nitrogen and oxygen atoms in total. The molecule has 0 aliphatic carbocycles. The molecule has 0 bridgehead atoms. The molecular weight excluding hydrogens is 320 g/mol. The number of aromatic nitrogens is 2. The van der Waals surface area contributed by atoms with Gasteiger partial charge in [-0.3, -0.25) is 5.32 Å². The molecule has 2 aromatic heterocycles. The lowest BCUT2D eigenvalue weighted by Crippen LogP contribution is -2.35. The predicted octanol–water partition coefficient (Wildman–Crippen LogP) is 3.96. The number of nitrogens with one attached hydrogen (secondary N) is 1. The van der Waals surface area contributed by atoms with Crippen LogP contribution >= 0.6 is 0 Å². The first-order valence-corrected chi connectivity index (χ1v) is 8.82. The van der Waals surface area contributed by atoms with E-state index in [0.29, 0.717) is 13.2 Å². The molecule has 1 fully saturated rings. The first kappa shape index (κ1) is 17.5. The Kier molecular flexibility index (Phi) is 5.43. The monoisotopic (exact) mass is 346 g/mol. The van der Waals surface area contributed by atoms with Gasteiger partial charge >= 0.3 is 6.03 Å². The van der Waals surface area contributed by atoms with Crippen molar-refractivity contribution in [3.05, 3.63) is 35.9 Å². The maximum atomic E-state index is 12.8. The molecule has 0 spiro atoms. The van der Waals surface area contributed by atoms with Gasteiger partial charge in [0.2, 0.25) is 0 Å². The molecule has 1 aliphatic rings. The number of rotatable bonds is 6. The van der Waals surface area contributed by atoms with Crippen molar-refractivity contribution in [2.24, 2.45) is 0 Å². The van der Waals surface area contributed by atoms with E-state index in [1.807, 2.05) is 27.8 Å². The Morgan fingerprint density at radius 3 is 3.08 bits per heavy atom.